The first kappa shape index (κ1) is 12.1. The lowest BCUT2D eigenvalue weighted by Crippen LogP contribution is -2.35. The molecule has 0 spiro atoms. The molecule has 3 amide bonds. The highest BCUT2D eigenvalue weighted by atomic mass is 32.2. The maximum Gasteiger partial charge on any atom is 0.229 e. The lowest BCUT2D eigenvalue weighted by atomic mass is 10.3. The Labute approximate surface area is 103 Å². The van der Waals surface area contributed by atoms with Gasteiger partial charge >= 0.3 is 0 Å². The van der Waals surface area contributed by atoms with Crippen LogP contribution in [0.4, 0.5) is 0 Å². The highest BCUT2D eigenvalue weighted by molar-refractivity contribution is 8.14. The molecular weight excluding hydrogens is 242 g/mol. The normalized spacial score (nSPS) is 19.8. The average Bonchev–Trinajstić information content (AvgIpc) is 2.88. The van der Waals surface area contributed by atoms with Crippen LogP contribution in [0.15, 0.2) is 4.99 Å². The van der Waals surface area contributed by atoms with Gasteiger partial charge in [0.15, 0.2) is 5.17 Å². The van der Waals surface area contributed by atoms with Gasteiger partial charge in [-0.3, -0.25) is 24.3 Å². The molecule has 2 heterocycles. The third kappa shape index (κ3) is 3.06. The molecule has 2 rings (SSSR count). The quantitative estimate of drug-likeness (QED) is 0.705. The lowest BCUT2D eigenvalue weighted by Gasteiger charge is -2.12. The summed E-state index contributed by atoms with van der Waals surface area (Å²) in [5.41, 5.74) is 0. The molecule has 0 aromatic rings. The van der Waals surface area contributed by atoms with Crippen LogP contribution in [-0.2, 0) is 14.4 Å². The second-order valence-electron chi connectivity index (χ2n) is 3.77. The van der Waals surface area contributed by atoms with E-state index in [4.69, 9.17) is 0 Å². The van der Waals surface area contributed by atoms with Crippen molar-refractivity contribution in [2.75, 3.05) is 18.8 Å². The predicted octanol–water partition coefficient (Wildman–Crippen LogP) is -0.255. The topological polar surface area (TPSA) is 78.8 Å². The van der Waals surface area contributed by atoms with Gasteiger partial charge in [-0.25, -0.2) is 0 Å². The van der Waals surface area contributed by atoms with E-state index >= 15 is 0 Å². The molecule has 0 aliphatic carbocycles. The summed E-state index contributed by atoms with van der Waals surface area (Å²) in [4.78, 5) is 39.3. The molecular formula is C10H13N3O3S. The number of amidine groups is 1. The summed E-state index contributed by atoms with van der Waals surface area (Å²) in [6, 6.07) is 0. The van der Waals surface area contributed by atoms with Crippen LogP contribution in [0.25, 0.3) is 0 Å². The Morgan fingerprint density at radius 2 is 2.06 bits per heavy atom. The van der Waals surface area contributed by atoms with Crippen molar-refractivity contribution in [1.29, 1.82) is 0 Å². The molecule has 0 radical (unpaired) electrons. The SMILES string of the molecule is O=C(CCN1C(=O)CCC1=O)NC1=NCCS1. The molecule has 2 aliphatic rings. The summed E-state index contributed by atoms with van der Waals surface area (Å²) in [7, 11) is 0. The van der Waals surface area contributed by atoms with E-state index in [1.807, 2.05) is 0 Å². The molecule has 0 aromatic carbocycles. The van der Waals surface area contributed by atoms with Crippen LogP contribution in [0.5, 0.6) is 0 Å². The number of nitrogens with one attached hydrogen (secondary N) is 1. The Balaban J connectivity index is 1.76. The van der Waals surface area contributed by atoms with Gasteiger partial charge in [0.25, 0.3) is 0 Å². The van der Waals surface area contributed by atoms with Crippen molar-refractivity contribution in [3.63, 3.8) is 0 Å². The third-order valence-electron chi connectivity index (χ3n) is 2.55. The van der Waals surface area contributed by atoms with Gasteiger partial charge in [-0.15, -0.1) is 0 Å². The van der Waals surface area contributed by atoms with Gasteiger partial charge in [0.1, 0.15) is 0 Å². The number of thioether (sulfide) groups is 1. The van der Waals surface area contributed by atoms with E-state index in [-0.39, 0.29) is 43.5 Å². The number of hydrogen-bond acceptors (Lipinski definition) is 5. The second kappa shape index (κ2) is 5.31. The van der Waals surface area contributed by atoms with E-state index < -0.39 is 0 Å². The van der Waals surface area contributed by atoms with Gasteiger partial charge in [-0.2, -0.15) is 0 Å². The number of nitrogens with zero attached hydrogens (tertiary/aromatic N) is 2. The number of rotatable bonds is 3. The molecule has 0 atom stereocenters. The highest BCUT2D eigenvalue weighted by Gasteiger charge is 2.28. The maximum absolute atomic E-state index is 11.5. The highest BCUT2D eigenvalue weighted by Crippen LogP contribution is 2.12. The zero-order valence-corrected chi connectivity index (χ0v) is 10.1. The summed E-state index contributed by atoms with van der Waals surface area (Å²) in [5.74, 6) is 0.315. The minimum Gasteiger partial charge on any atom is -0.305 e. The van der Waals surface area contributed by atoms with E-state index in [0.29, 0.717) is 5.17 Å². The minimum absolute atomic E-state index is 0.136. The zero-order chi connectivity index (χ0) is 12.3. The second-order valence-corrected chi connectivity index (χ2v) is 4.86. The molecule has 1 saturated heterocycles. The number of hydrogen-bond donors (Lipinski definition) is 1. The molecule has 17 heavy (non-hydrogen) atoms. The van der Waals surface area contributed by atoms with Crippen LogP contribution in [0, 0.1) is 0 Å². The molecule has 92 valence electrons. The fourth-order valence-corrected chi connectivity index (χ4v) is 2.42. The largest absolute Gasteiger partial charge is 0.305 e. The molecule has 7 heteroatoms. The summed E-state index contributed by atoms with van der Waals surface area (Å²) in [6.45, 7) is 0.894. The van der Waals surface area contributed by atoms with Crippen LogP contribution < -0.4 is 5.32 Å². The fourth-order valence-electron chi connectivity index (χ4n) is 1.68. The molecule has 1 N–H and O–H groups in total. The molecule has 0 saturated carbocycles. The summed E-state index contributed by atoms with van der Waals surface area (Å²) in [5, 5.41) is 3.29. The van der Waals surface area contributed by atoms with Gasteiger partial charge in [-0.05, 0) is 0 Å². The Bertz CT molecular complexity index is 378. The molecule has 0 aromatic heterocycles. The van der Waals surface area contributed by atoms with Gasteiger partial charge in [0.05, 0.1) is 6.54 Å². The van der Waals surface area contributed by atoms with Crippen LogP contribution in [0.3, 0.4) is 0 Å². The summed E-state index contributed by atoms with van der Waals surface area (Å²) < 4.78 is 0. The van der Waals surface area contributed by atoms with Crippen LogP contribution >= 0.6 is 11.8 Å². The Kier molecular flexibility index (Phi) is 3.78. The molecule has 6 nitrogen and oxygen atoms in total. The molecule has 0 unspecified atom stereocenters. The van der Waals surface area contributed by atoms with E-state index in [0.717, 1.165) is 17.2 Å². The Hall–Kier alpha value is -1.37. The first-order chi connectivity index (χ1) is 8.16. The fraction of sp³-hybridized carbons (Fsp3) is 0.600. The van der Waals surface area contributed by atoms with Crippen molar-refractivity contribution < 1.29 is 14.4 Å². The minimum atomic E-state index is -0.203. The number of likely N-dealkylation sites (tertiary alicyclic amines) is 1. The third-order valence-corrected chi connectivity index (χ3v) is 3.44. The van der Waals surface area contributed by atoms with Crippen molar-refractivity contribution in [3.05, 3.63) is 0 Å². The van der Waals surface area contributed by atoms with E-state index in [2.05, 4.69) is 10.3 Å². The number of carbonyl (C=O) groups is 3. The number of carbonyl (C=O) groups excluding carboxylic acids is 3. The van der Waals surface area contributed by atoms with E-state index in [9.17, 15) is 14.4 Å². The van der Waals surface area contributed by atoms with Crippen molar-refractivity contribution in [3.8, 4) is 0 Å². The van der Waals surface area contributed by atoms with Gasteiger partial charge in [0.2, 0.25) is 17.7 Å². The standard InChI is InChI=1S/C10H13N3O3S/c14-7(12-10-11-4-6-17-10)3-5-13-8(15)1-2-9(13)16/h1-6H2,(H,11,12,14). The van der Waals surface area contributed by atoms with Crippen molar-refractivity contribution in [2.45, 2.75) is 19.3 Å². The first-order valence-corrected chi connectivity index (χ1v) is 6.45. The number of aliphatic imine (C=N–C) groups is 1. The van der Waals surface area contributed by atoms with Gasteiger partial charge < -0.3 is 5.32 Å². The van der Waals surface area contributed by atoms with Crippen LogP contribution in [0.1, 0.15) is 19.3 Å². The van der Waals surface area contributed by atoms with Crippen molar-refractivity contribution in [2.24, 2.45) is 4.99 Å². The average molecular weight is 255 g/mol. The molecule has 2 aliphatic heterocycles. The summed E-state index contributed by atoms with van der Waals surface area (Å²) in [6.07, 6.45) is 0.670. The Morgan fingerprint density at radius 1 is 1.35 bits per heavy atom. The smallest absolute Gasteiger partial charge is 0.229 e. The van der Waals surface area contributed by atoms with E-state index in [1.165, 1.54) is 11.8 Å². The monoisotopic (exact) mass is 255 g/mol. The maximum atomic E-state index is 11.5. The van der Waals surface area contributed by atoms with Gasteiger partial charge in [-0.1, -0.05) is 11.8 Å². The first-order valence-electron chi connectivity index (χ1n) is 5.47. The number of imide groups is 1. The van der Waals surface area contributed by atoms with E-state index in [1.54, 1.807) is 0 Å². The van der Waals surface area contributed by atoms with Crippen LogP contribution in [0.2, 0.25) is 0 Å². The predicted molar refractivity (Wildman–Crippen MR) is 63.5 cm³/mol. The Morgan fingerprint density at radius 3 is 2.65 bits per heavy atom. The van der Waals surface area contributed by atoms with Crippen LogP contribution in [-0.4, -0.2) is 46.6 Å². The molecule has 0 bridgehead atoms. The van der Waals surface area contributed by atoms with Crippen molar-refractivity contribution in [1.82, 2.24) is 10.2 Å². The number of amides is 3. The summed E-state index contributed by atoms with van der Waals surface area (Å²) >= 11 is 1.50. The lowest BCUT2D eigenvalue weighted by molar-refractivity contribution is -0.138. The van der Waals surface area contributed by atoms with Gasteiger partial charge in [0, 0.05) is 31.6 Å². The zero-order valence-electron chi connectivity index (χ0n) is 9.27. The molecule has 1 fully saturated rings. The van der Waals surface area contributed by atoms with Crippen molar-refractivity contribution >= 4 is 34.7 Å².